The van der Waals surface area contributed by atoms with Gasteiger partial charge in [0.2, 0.25) is 0 Å². The molecule has 0 radical (unpaired) electrons. The fourth-order valence-corrected chi connectivity index (χ4v) is 1.37. The van der Waals surface area contributed by atoms with E-state index in [1.54, 1.807) is 6.08 Å². The number of carbonyl (C=O) groups is 1. The van der Waals surface area contributed by atoms with Gasteiger partial charge in [-0.2, -0.15) is 0 Å². The maximum Gasteiger partial charge on any atom is 0.303 e. The highest BCUT2D eigenvalue weighted by Crippen LogP contribution is 2.10. The molecule has 0 aliphatic heterocycles. The maximum atomic E-state index is 10.3. The first-order chi connectivity index (χ1) is 7.72. The molecule has 0 aromatic heterocycles. The fourth-order valence-electron chi connectivity index (χ4n) is 1.37. The van der Waals surface area contributed by atoms with Crippen molar-refractivity contribution in [3.63, 3.8) is 0 Å². The lowest BCUT2D eigenvalue weighted by Gasteiger charge is -2.05. The van der Waals surface area contributed by atoms with Gasteiger partial charge in [-0.05, 0) is 30.5 Å². The van der Waals surface area contributed by atoms with E-state index in [1.165, 1.54) is 0 Å². The minimum absolute atomic E-state index is 0.247. The van der Waals surface area contributed by atoms with Crippen LogP contribution in [0.15, 0.2) is 30.8 Å². The lowest BCUT2D eigenvalue weighted by atomic mass is 10.2. The number of nitrogens with one attached hydrogen (secondary N) is 1. The molecule has 2 N–H and O–H groups in total. The lowest BCUT2D eigenvalue weighted by molar-refractivity contribution is -0.137. The number of carboxylic acid groups (broad SMARTS) is 1. The number of anilines is 1. The molecule has 0 atom stereocenters. The van der Waals surface area contributed by atoms with Crippen LogP contribution in [0.25, 0.3) is 6.08 Å². The number of hydrogen-bond donors (Lipinski definition) is 2. The molecular weight excluding hydrogens is 202 g/mol. The molecule has 3 nitrogen and oxygen atoms in total. The highest BCUT2D eigenvalue weighted by Gasteiger charge is 1.96. The first-order valence-corrected chi connectivity index (χ1v) is 5.40. The monoisotopic (exact) mass is 219 g/mol. The van der Waals surface area contributed by atoms with Crippen LogP contribution in [0.3, 0.4) is 0 Å². The van der Waals surface area contributed by atoms with Gasteiger partial charge >= 0.3 is 5.97 Å². The number of aliphatic carboxylic acids is 1. The first-order valence-electron chi connectivity index (χ1n) is 5.40. The van der Waals surface area contributed by atoms with Crippen LogP contribution in [0, 0.1) is 0 Å². The van der Waals surface area contributed by atoms with Crippen molar-refractivity contribution in [1.29, 1.82) is 0 Å². The Morgan fingerprint density at radius 1 is 1.31 bits per heavy atom. The quantitative estimate of drug-likeness (QED) is 0.693. The standard InChI is InChI=1S/C13H17NO2/c1-2-11-6-8-12(9-7-11)14-10-4-3-5-13(15)16/h2,6-9,14H,1,3-5,10H2,(H,15,16). The molecular formula is C13H17NO2. The average molecular weight is 219 g/mol. The van der Waals surface area contributed by atoms with Crippen molar-refractivity contribution in [3.05, 3.63) is 36.4 Å². The van der Waals surface area contributed by atoms with Crippen LogP contribution in [-0.2, 0) is 4.79 Å². The molecule has 0 heterocycles. The molecule has 3 heteroatoms. The zero-order chi connectivity index (χ0) is 11.8. The molecule has 0 aliphatic rings. The summed E-state index contributed by atoms with van der Waals surface area (Å²) in [6.07, 6.45) is 3.64. The summed E-state index contributed by atoms with van der Waals surface area (Å²) in [7, 11) is 0. The van der Waals surface area contributed by atoms with E-state index in [1.807, 2.05) is 24.3 Å². The molecule has 0 spiro atoms. The summed E-state index contributed by atoms with van der Waals surface area (Å²) >= 11 is 0. The van der Waals surface area contributed by atoms with E-state index in [0.717, 1.165) is 24.2 Å². The average Bonchev–Trinajstić information content (AvgIpc) is 2.29. The van der Waals surface area contributed by atoms with Gasteiger partial charge in [0.05, 0.1) is 0 Å². The van der Waals surface area contributed by atoms with Gasteiger partial charge < -0.3 is 10.4 Å². The van der Waals surface area contributed by atoms with Gasteiger partial charge in [0.25, 0.3) is 0 Å². The molecule has 0 amide bonds. The predicted octanol–water partition coefficient (Wildman–Crippen LogP) is 3.00. The fraction of sp³-hybridized carbons (Fsp3) is 0.308. The van der Waals surface area contributed by atoms with E-state index in [2.05, 4.69) is 11.9 Å². The van der Waals surface area contributed by atoms with Crippen LogP contribution < -0.4 is 5.32 Å². The molecule has 0 fully saturated rings. The van der Waals surface area contributed by atoms with Crippen LogP contribution in [0.1, 0.15) is 24.8 Å². The second-order valence-electron chi connectivity index (χ2n) is 3.60. The molecule has 0 bridgehead atoms. The zero-order valence-corrected chi connectivity index (χ0v) is 9.28. The Labute approximate surface area is 95.8 Å². The lowest BCUT2D eigenvalue weighted by Crippen LogP contribution is -2.02. The third-order valence-electron chi connectivity index (χ3n) is 2.29. The second kappa shape index (κ2) is 6.67. The van der Waals surface area contributed by atoms with Gasteiger partial charge in [0, 0.05) is 18.7 Å². The van der Waals surface area contributed by atoms with Crippen LogP contribution in [0.4, 0.5) is 5.69 Å². The maximum absolute atomic E-state index is 10.3. The van der Waals surface area contributed by atoms with Crippen LogP contribution in [0.2, 0.25) is 0 Å². The van der Waals surface area contributed by atoms with Gasteiger partial charge in [0.15, 0.2) is 0 Å². The first kappa shape index (κ1) is 12.3. The van der Waals surface area contributed by atoms with Crippen molar-refractivity contribution in [3.8, 4) is 0 Å². The Hall–Kier alpha value is -1.77. The highest BCUT2D eigenvalue weighted by molar-refractivity contribution is 5.66. The topological polar surface area (TPSA) is 49.3 Å². The van der Waals surface area contributed by atoms with Crippen LogP contribution in [0.5, 0.6) is 0 Å². The number of benzene rings is 1. The molecule has 0 saturated heterocycles. The summed E-state index contributed by atoms with van der Waals surface area (Å²) in [6, 6.07) is 7.97. The molecule has 0 unspecified atom stereocenters. The summed E-state index contributed by atoms with van der Waals surface area (Å²) < 4.78 is 0. The van der Waals surface area contributed by atoms with Crippen LogP contribution >= 0.6 is 0 Å². The molecule has 1 rings (SSSR count). The normalized spacial score (nSPS) is 9.75. The predicted molar refractivity (Wildman–Crippen MR) is 66.5 cm³/mol. The summed E-state index contributed by atoms with van der Waals surface area (Å²) in [5, 5.41) is 11.7. The molecule has 86 valence electrons. The summed E-state index contributed by atoms with van der Waals surface area (Å²) in [6.45, 7) is 4.49. The number of rotatable bonds is 7. The van der Waals surface area contributed by atoms with E-state index in [-0.39, 0.29) is 6.42 Å². The molecule has 0 aliphatic carbocycles. The number of hydrogen-bond acceptors (Lipinski definition) is 2. The van der Waals surface area contributed by atoms with Crippen LogP contribution in [-0.4, -0.2) is 17.6 Å². The Bertz CT molecular complexity index is 343. The number of carboxylic acids is 1. The van der Waals surface area contributed by atoms with Crippen molar-refractivity contribution >= 4 is 17.7 Å². The van der Waals surface area contributed by atoms with Gasteiger partial charge in [-0.25, -0.2) is 0 Å². The van der Waals surface area contributed by atoms with Gasteiger partial charge in [-0.15, -0.1) is 0 Å². The third kappa shape index (κ3) is 4.64. The molecule has 1 aromatic carbocycles. The Morgan fingerprint density at radius 3 is 2.56 bits per heavy atom. The van der Waals surface area contributed by atoms with Gasteiger partial charge in [-0.1, -0.05) is 24.8 Å². The Morgan fingerprint density at radius 2 is 2.00 bits per heavy atom. The largest absolute Gasteiger partial charge is 0.481 e. The molecule has 1 aromatic rings. The summed E-state index contributed by atoms with van der Waals surface area (Å²) in [4.78, 5) is 10.3. The zero-order valence-electron chi connectivity index (χ0n) is 9.28. The van der Waals surface area contributed by atoms with Gasteiger partial charge in [-0.3, -0.25) is 4.79 Å². The van der Waals surface area contributed by atoms with Crippen molar-refractivity contribution in [2.45, 2.75) is 19.3 Å². The van der Waals surface area contributed by atoms with Crippen molar-refractivity contribution < 1.29 is 9.90 Å². The van der Waals surface area contributed by atoms with E-state index in [4.69, 9.17) is 5.11 Å². The Kier molecular flexibility index (Phi) is 5.12. The van der Waals surface area contributed by atoms with Gasteiger partial charge in [0.1, 0.15) is 0 Å². The van der Waals surface area contributed by atoms with Crippen molar-refractivity contribution in [2.75, 3.05) is 11.9 Å². The smallest absolute Gasteiger partial charge is 0.303 e. The van der Waals surface area contributed by atoms with E-state index in [9.17, 15) is 4.79 Å². The van der Waals surface area contributed by atoms with E-state index >= 15 is 0 Å². The SMILES string of the molecule is C=Cc1ccc(NCCCCC(=O)O)cc1. The Balaban J connectivity index is 2.21. The van der Waals surface area contributed by atoms with E-state index in [0.29, 0.717) is 6.42 Å². The second-order valence-corrected chi connectivity index (χ2v) is 3.60. The molecule has 0 saturated carbocycles. The minimum Gasteiger partial charge on any atom is -0.481 e. The highest BCUT2D eigenvalue weighted by atomic mass is 16.4. The van der Waals surface area contributed by atoms with E-state index < -0.39 is 5.97 Å². The third-order valence-corrected chi connectivity index (χ3v) is 2.29. The van der Waals surface area contributed by atoms with Crippen molar-refractivity contribution in [2.24, 2.45) is 0 Å². The van der Waals surface area contributed by atoms with Crippen molar-refractivity contribution in [1.82, 2.24) is 0 Å². The summed E-state index contributed by atoms with van der Waals surface area (Å²) in [5.41, 5.74) is 2.15. The summed E-state index contributed by atoms with van der Waals surface area (Å²) in [5.74, 6) is -0.727. The molecule has 16 heavy (non-hydrogen) atoms. The number of unbranched alkanes of at least 4 members (excludes halogenated alkanes) is 1. The minimum atomic E-state index is -0.727.